The van der Waals surface area contributed by atoms with Gasteiger partial charge in [-0.1, -0.05) is 30.2 Å². The summed E-state index contributed by atoms with van der Waals surface area (Å²) in [4.78, 5) is 0. The Bertz CT molecular complexity index is 271. The van der Waals surface area contributed by atoms with Crippen molar-refractivity contribution >= 4 is 0 Å². The summed E-state index contributed by atoms with van der Waals surface area (Å²) in [5, 5.41) is 10.0. The lowest BCUT2D eigenvalue weighted by molar-refractivity contribution is 0.0993. The van der Waals surface area contributed by atoms with E-state index in [-0.39, 0.29) is 6.10 Å². The molecule has 0 aromatic carbocycles. The second-order valence-electron chi connectivity index (χ2n) is 5.54. The van der Waals surface area contributed by atoms with E-state index in [0.29, 0.717) is 11.8 Å². The molecule has 0 fully saturated rings. The van der Waals surface area contributed by atoms with Gasteiger partial charge in [0.15, 0.2) is 0 Å². The van der Waals surface area contributed by atoms with Crippen LogP contribution in [0.1, 0.15) is 53.4 Å². The molecular weight excluding hydrogens is 196 g/mol. The van der Waals surface area contributed by atoms with Crippen LogP contribution in [-0.2, 0) is 0 Å². The van der Waals surface area contributed by atoms with Gasteiger partial charge in [0.05, 0.1) is 6.10 Å². The van der Waals surface area contributed by atoms with Crippen LogP contribution < -0.4 is 0 Å². The minimum atomic E-state index is -0.213. The SMILES string of the molecule is CC(C)=CCC[C@H](C)[C@H]1CCC(C)=C[C@@H]1O. The van der Waals surface area contributed by atoms with Gasteiger partial charge >= 0.3 is 0 Å². The van der Waals surface area contributed by atoms with Gasteiger partial charge in [-0.25, -0.2) is 0 Å². The summed E-state index contributed by atoms with van der Waals surface area (Å²) in [5.74, 6) is 1.09. The number of aliphatic hydroxyl groups excluding tert-OH is 1. The van der Waals surface area contributed by atoms with Crippen molar-refractivity contribution < 1.29 is 5.11 Å². The molecule has 0 bridgehead atoms. The van der Waals surface area contributed by atoms with Crippen LogP contribution in [0, 0.1) is 11.8 Å². The largest absolute Gasteiger partial charge is 0.389 e. The number of hydrogen-bond acceptors (Lipinski definition) is 1. The van der Waals surface area contributed by atoms with Crippen molar-refractivity contribution in [2.45, 2.75) is 59.5 Å². The first-order valence-electron chi connectivity index (χ1n) is 6.49. The molecule has 1 heteroatoms. The molecule has 1 aliphatic carbocycles. The smallest absolute Gasteiger partial charge is 0.0754 e. The van der Waals surface area contributed by atoms with E-state index in [1.165, 1.54) is 17.6 Å². The second-order valence-corrected chi connectivity index (χ2v) is 5.54. The molecular formula is C15H26O. The quantitative estimate of drug-likeness (QED) is 0.710. The van der Waals surface area contributed by atoms with E-state index in [0.717, 1.165) is 19.3 Å². The lowest BCUT2D eigenvalue weighted by Gasteiger charge is -2.30. The topological polar surface area (TPSA) is 20.2 Å². The molecule has 1 N–H and O–H groups in total. The molecule has 3 atom stereocenters. The molecule has 0 saturated carbocycles. The van der Waals surface area contributed by atoms with Gasteiger partial charge in [0.1, 0.15) is 0 Å². The molecule has 1 aliphatic rings. The Kier molecular flexibility index (Phi) is 5.27. The molecule has 16 heavy (non-hydrogen) atoms. The Balaban J connectivity index is 2.42. The van der Waals surface area contributed by atoms with Crippen LogP contribution in [0.4, 0.5) is 0 Å². The molecule has 0 radical (unpaired) electrons. The third kappa shape index (κ3) is 4.13. The van der Waals surface area contributed by atoms with E-state index < -0.39 is 0 Å². The first kappa shape index (κ1) is 13.5. The monoisotopic (exact) mass is 222 g/mol. The Labute approximate surface area is 100 Å². The van der Waals surface area contributed by atoms with Crippen molar-refractivity contribution in [1.82, 2.24) is 0 Å². The average molecular weight is 222 g/mol. The van der Waals surface area contributed by atoms with Gasteiger partial charge in [-0.05, 0) is 58.3 Å². The highest BCUT2D eigenvalue weighted by Crippen LogP contribution is 2.31. The number of hydrogen-bond donors (Lipinski definition) is 1. The van der Waals surface area contributed by atoms with Crippen molar-refractivity contribution in [1.29, 1.82) is 0 Å². The van der Waals surface area contributed by atoms with E-state index in [4.69, 9.17) is 0 Å². The lowest BCUT2D eigenvalue weighted by atomic mass is 9.78. The maximum absolute atomic E-state index is 10.0. The van der Waals surface area contributed by atoms with E-state index in [9.17, 15) is 5.11 Å². The molecule has 0 unspecified atom stereocenters. The Morgan fingerprint density at radius 1 is 1.56 bits per heavy atom. The van der Waals surface area contributed by atoms with Crippen LogP contribution >= 0.6 is 0 Å². The minimum Gasteiger partial charge on any atom is -0.389 e. The fourth-order valence-corrected chi connectivity index (χ4v) is 2.53. The summed E-state index contributed by atoms with van der Waals surface area (Å²) < 4.78 is 0. The minimum absolute atomic E-state index is 0.213. The van der Waals surface area contributed by atoms with Gasteiger partial charge in [-0.3, -0.25) is 0 Å². The molecule has 0 saturated heterocycles. The van der Waals surface area contributed by atoms with E-state index >= 15 is 0 Å². The molecule has 0 aromatic rings. The summed E-state index contributed by atoms with van der Waals surface area (Å²) in [6.07, 6.45) is 8.79. The third-order valence-corrected chi connectivity index (χ3v) is 3.67. The van der Waals surface area contributed by atoms with Gasteiger partial charge in [-0.2, -0.15) is 0 Å². The van der Waals surface area contributed by atoms with Crippen molar-refractivity contribution in [2.75, 3.05) is 0 Å². The van der Waals surface area contributed by atoms with Crippen LogP contribution in [0.25, 0.3) is 0 Å². The van der Waals surface area contributed by atoms with Crippen LogP contribution in [-0.4, -0.2) is 11.2 Å². The number of allylic oxidation sites excluding steroid dienone is 3. The predicted molar refractivity (Wildman–Crippen MR) is 70.3 cm³/mol. The second kappa shape index (κ2) is 6.24. The van der Waals surface area contributed by atoms with Crippen LogP contribution in [0.5, 0.6) is 0 Å². The predicted octanol–water partition coefficient (Wildman–Crippen LogP) is 4.09. The Morgan fingerprint density at radius 2 is 2.25 bits per heavy atom. The molecule has 0 spiro atoms. The number of aliphatic hydroxyl groups is 1. The van der Waals surface area contributed by atoms with Gasteiger partial charge in [0.25, 0.3) is 0 Å². The molecule has 92 valence electrons. The van der Waals surface area contributed by atoms with E-state index in [2.05, 4.69) is 33.8 Å². The van der Waals surface area contributed by atoms with Crippen LogP contribution in [0.3, 0.4) is 0 Å². The van der Waals surface area contributed by atoms with Crippen molar-refractivity contribution in [2.24, 2.45) is 11.8 Å². The molecule has 0 heterocycles. The maximum atomic E-state index is 10.0. The highest BCUT2D eigenvalue weighted by Gasteiger charge is 2.26. The lowest BCUT2D eigenvalue weighted by Crippen LogP contribution is -2.28. The number of rotatable bonds is 4. The van der Waals surface area contributed by atoms with Crippen molar-refractivity contribution in [3.63, 3.8) is 0 Å². The standard InChI is InChI=1S/C15H26O/c1-11(2)6-5-7-13(4)14-9-8-12(3)10-15(14)16/h6,10,13-16H,5,7-9H2,1-4H3/t13-,14+,15-/m0/s1. The summed E-state index contributed by atoms with van der Waals surface area (Å²) in [5.41, 5.74) is 2.74. The molecule has 1 rings (SSSR count). The van der Waals surface area contributed by atoms with Crippen molar-refractivity contribution in [3.05, 3.63) is 23.3 Å². The summed E-state index contributed by atoms with van der Waals surface area (Å²) in [7, 11) is 0. The zero-order valence-electron chi connectivity index (χ0n) is 11.2. The van der Waals surface area contributed by atoms with E-state index in [1.54, 1.807) is 0 Å². The zero-order chi connectivity index (χ0) is 12.1. The highest BCUT2D eigenvalue weighted by molar-refractivity contribution is 5.08. The summed E-state index contributed by atoms with van der Waals surface area (Å²) in [6.45, 7) is 8.69. The van der Waals surface area contributed by atoms with Gasteiger partial charge in [0, 0.05) is 0 Å². The first-order chi connectivity index (χ1) is 7.50. The van der Waals surface area contributed by atoms with Crippen LogP contribution in [0.15, 0.2) is 23.3 Å². The van der Waals surface area contributed by atoms with Gasteiger partial charge in [0.2, 0.25) is 0 Å². The van der Waals surface area contributed by atoms with Crippen molar-refractivity contribution in [3.8, 4) is 0 Å². The Morgan fingerprint density at radius 3 is 2.81 bits per heavy atom. The highest BCUT2D eigenvalue weighted by atomic mass is 16.3. The van der Waals surface area contributed by atoms with Gasteiger partial charge in [-0.15, -0.1) is 0 Å². The third-order valence-electron chi connectivity index (χ3n) is 3.67. The molecule has 0 amide bonds. The summed E-state index contributed by atoms with van der Waals surface area (Å²) in [6, 6.07) is 0. The average Bonchev–Trinajstić information content (AvgIpc) is 2.16. The Hall–Kier alpha value is -0.560. The van der Waals surface area contributed by atoms with Gasteiger partial charge < -0.3 is 5.11 Å². The first-order valence-corrected chi connectivity index (χ1v) is 6.49. The zero-order valence-corrected chi connectivity index (χ0v) is 11.2. The molecule has 0 aromatic heterocycles. The summed E-state index contributed by atoms with van der Waals surface area (Å²) >= 11 is 0. The fraction of sp³-hybridized carbons (Fsp3) is 0.733. The maximum Gasteiger partial charge on any atom is 0.0754 e. The fourth-order valence-electron chi connectivity index (χ4n) is 2.53. The molecule has 0 aliphatic heterocycles. The van der Waals surface area contributed by atoms with Crippen LogP contribution in [0.2, 0.25) is 0 Å². The normalized spacial score (nSPS) is 27.2. The molecule has 1 nitrogen and oxygen atoms in total. The van der Waals surface area contributed by atoms with E-state index in [1.807, 2.05) is 6.08 Å².